The highest BCUT2D eigenvalue weighted by atomic mass is 16.5. The zero-order valence-electron chi connectivity index (χ0n) is 15.3. The van der Waals surface area contributed by atoms with Gasteiger partial charge in [0.2, 0.25) is 5.95 Å². The van der Waals surface area contributed by atoms with Gasteiger partial charge in [-0.1, -0.05) is 0 Å². The van der Waals surface area contributed by atoms with E-state index in [2.05, 4.69) is 19.8 Å². The number of H-pyrrole nitrogens is 1. The van der Waals surface area contributed by atoms with Crippen molar-refractivity contribution >= 4 is 17.6 Å². The molecule has 0 bridgehead atoms. The van der Waals surface area contributed by atoms with Crippen LogP contribution in [-0.2, 0) is 11.8 Å². The second-order valence-corrected chi connectivity index (χ2v) is 6.65. The van der Waals surface area contributed by atoms with Gasteiger partial charge in [-0.15, -0.1) is 0 Å². The van der Waals surface area contributed by atoms with Crippen LogP contribution in [0.2, 0.25) is 0 Å². The molecule has 0 spiro atoms. The number of aromatic amines is 1. The summed E-state index contributed by atoms with van der Waals surface area (Å²) in [4.78, 5) is 41.9. The Labute approximate surface area is 156 Å². The first kappa shape index (κ1) is 17.5. The molecule has 0 atom stereocenters. The van der Waals surface area contributed by atoms with E-state index in [1.807, 2.05) is 11.0 Å². The van der Waals surface area contributed by atoms with Crippen LogP contribution in [0.1, 0.15) is 0 Å². The molecule has 2 fully saturated rings. The third-order valence-corrected chi connectivity index (χ3v) is 5.00. The normalized spacial score (nSPS) is 18.0. The molecule has 0 unspecified atom stereocenters. The van der Waals surface area contributed by atoms with Crippen LogP contribution in [0, 0.1) is 0 Å². The van der Waals surface area contributed by atoms with Crippen LogP contribution in [0.5, 0.6) is 0 Å². The highest BCUT2D eigenvalue weighted by molar-refractivity contribution is 5.46. The van der Waals surface area contributed by atoms with Crippen molar-refractivity contribution in [1.82, 2.24) is 19.5 Å². The van der Waals surface area contributed by atoms with Gasteiger partial charge in [0.1, 0.15) is 11.6 Å². The molecule has 27 heavy (non-hydrogen) atoms. The monoisotopic (exact) mass is 373 g/mol. The highest BCUT2D eigenvalue weighted by Crippen LogP contribution is 2.18. The van der Waals surface area contributed by atoms with E-state index in [1.54, 1.807) is 6.20 Å². The Kier molecular flexibility index (Phi) is 4.80. The molecule has 2 aliphatic heterocycles. The van der Waals surface area contributed by atoms with Gasteiger partial charge in [-0.2, -0.15) is 4.98 Å². The molecule has 2 aromatic rings. The number of anilines is 3. The predicted octanol–water partition coefficient (Wildman–Crippen LogP) is -0.973. The van der Waals surface area contributed by atoms with Gasteiger partial charge < -0.3 is 19.4 Å². The summed E-state index contributed by atoms with van der Waals surface area (Å²) in [6.45, 7) is 5.87. The van der Waals surface area contributed by atoms with Gasteiger partial charge in [-0.25, -0.2) is 9.78 Å². The maximum Gasteiger partial charge on any atom is 0.329 e. The van der Waals surface area contributed by atoms with Gasteiger partial charge in [0.05, 0.1) is 13.2 Å². The van der Waals surface area contributed by atoms with Crippen molar-refractivity contribution in [3.05, 3.63) is 39.2 Å². The summed E-state index contributed by atoms with van der Waals surface area (Å²) in [5.41, 5.74) is -0.709. The third kappa shape index (κ3) is 3.65. The molecule has 144 valence electrons. The Hall–Kier alpha value is -2.88. The molecule has 2 aliphatic rings. The Morgan fingerprint density at radius 3 is 2.41 bits per heavy atom. The van der Waals surface area contributed by atoms with E-state index in [-0.39, 0.29) is 5.56 Å². The third-order valence-electron chi connectivity index (χ3n) is 5.00. The molecular formula is C17H23N7O3. The van der Waals surface area contributed by atoms with Crippen molar-refractivity contribution in [2.75, 3.05) is 67.2 Å². The molecule has 0 amide bonds. The van der Waals surface area contributed by atoms with Gasteiger partial charge >= 0.3 is 5.69 Å². The van der Waals surface area contributed by atoms with Crippen LogP contribution in [0.25, 0.3) is 0 Å². The lowest BCUT2D eigenvalue weighted by molar-refractivity contribution is 0.122. The van der Waals surface area contributed by atoms with Gasteiger partial charge in [0, 0.05) is 58.6 Å². The minimum Gasteiger partial charge on any atom is -0.378 e. The molecule has 10 nitrogen and oxygen atoms in total. The number of nitrogens with zero attached hydrogens (tertiary/aromatic N) is 6. The van der Waals surface area contributed by atoms with Crippen LogP contribution >= 0.6 is 0 Å². The van der Waals surface area contributed by atoms with Crippen molar-refractivity contribution in [3.8, 4) is 0 Å². The zero-order valence-corrected chi connectivity index (χ0v) is 15.3. The van der Waals surface area contributed by atoms with Crippen molar-refractivity contribution in [1.29, 1.82) is 0 Å². The Balaban J connectivity index is 1.45. The van der Waals surface area contributed by atoms with Crippen LogP contribution in [0.4, 0.5) is 17.6 Å². The first-order valence-corrected chi connectivity index (χ1v) is 9.08. The van der Waals surface area contributed by atoms with Gasteiger partial charge in [-0.3, -0.25) is 14.3 Å². The molecule has 0 saturated carbocycles. The molecule has 0 aromatic carbocycles. The fourth-order valence-corrected chi connectivity index (χ4v) is 3.32. The molecule has 0 radical (unpaired) electrons. The van der Waals surface area contributed by atoms with E-state index in [4.69, 9.17) is 9.72 Å². The average molecular weight is 373 g/mol. The van der Waals surface area contributed by atoms with E-state index in [1.165, 1.54) is 13.1 Å². The minimum atomic E-state index is -0.401. The van der Waals surface area contributed by atoms with Crippen LogP contribution in [0.3, 0.4) is 0 Å². The number of hydrogen-bond acceptors (Lipinski definition) is 8. The van der Waals surface area contributed by atoms with Crippen molar-refractivity contribution in [2.24, 2.45) is 7.05 Å². The van der Waals surface area contributed by atoms with E-state index in [0.29, 0.717) is 51.2 Å². The second-order valence-electron chi connectivity index (χ2n) is 6.65. The summed E-state index contributed by atoms with van der Waals surface area (Å²) in [5, 5.41) is 0. The fraction of sp³-hybridized carbons (Fsp3) is 0.529. The van der Waals surface area contributed by atoms with E-state index in [9.17, 15) is 9.59 Å². The van der Waals surface area contributed by atoms with Crippen molar-refractivity contribution < 1.29 is 4.74 Å². The van der Waals surface area contributed by atoms with Gasteiger partial charge in [-0.05, 0) is 6.07 Å². The lowest BCUT2D eigenvalue weighted by atomic mass is 10.3. The standard InChI is InChI=1S/C17H23N7O3/c1-21-15(25)12-14(20-17(21)26)22-4-6-24(7-5-22)16-18-3-2-13(19-16)23-8-10-27-11-9-23/h2-3,12H,4-11H2,1H3,(H,20,26). The maximum atomic E-state index is 11.8. The first-order valence-electron chi connectivity index (χ1n) is 9.08. The summed E-state index contributed by atoms with van der Waals surface area (Å²) in [7, 11) is 1.46. The number of nitrogens with one attached hydrogen (secondary N) is 1. The Bertz CT molecular complexity index is 880. The van der Waals surface area contributed by atoms with E-state index >= 15 is 0 Å². The maximum absolute atomic E-state index is 11.8. The fourth-order valence-electron chi connectivity index (χ4n) is 3.32. The molecule has 2 saturated heterocycles. The number of aromatic nitrogens is 4. The lowest BCUT2D eigenvalue weighted by Gasteiger charge is -2.36. The number of ether oxygens (including phenoxy) is 1. The smallest absolute Gasteiger partial charge is 0.329 e. The quantitative estimate of drug-likeness (QED) is 0.734. The molecule has 10 heteroatoms. The van der Waals surface area contributed by atoms with Crippen molar-refractivity contribution in [3.63, 3.8) is 0 Å². The Morgan fingerprint density at radius 2 is 1.70 bits per heavy atom. The summed E-state index contributed by atoms with van der Waals surface area (Å²) in [6, 6.07) is 3.39. The summed E-state index contributed by atoms with van der Waals surface area (Å²) >= 11 is 0. The minimum absolute atomic E-state index is 0.308. The molecule has 1 N–H and O–H groups in total. The summed E-state index contributed by atoms with van der Waals surface area (Å²) in [6.07, 6.45) is 1.79. The molecule has 4 rings (SSSR count). The van der Waals surface area contributed by atoms with Crippen molar-refractivity contribution in [2.45, 2.75) is 0 Å². The number of piperazine rings is 1. The first-order chi connectivity index (χ1) is 13.1. The topological polar surface area (TPSA) is 99.6 Å². The van der Waals surface area contributed by atoms with Crippen LogP contribution in [0.15, 0.2) is 27.9 Å². The van der Waals surface area contributed by atoms with Crippen LogP contribution in [-0.4, -0.2) is 72.0 Å². The summed E-state index contributed by atoms with van der Waals surface area (Å²) < 4.78 is 6.46. The largest absolute Gasteiger partial charge is 0.378 e. The van der Waals surface area contributed by atoms with Gasteiger partial charge in [0.15, 0.2) is 0 Å². The van der Waals surface area contributed by atoms with E-state index in [0.717, 1.165) is 23.5 Å². The lowest BCUT2D eigenvalue weighted by Crippen LogP contribution is -2.48. The molecule has 2 aromatic heterocycles. The molecule has 4 heterocycles. The molecular weight excluding hydrogens is 350 g/mol. The van der Waals surface area contributed by atoms with E-state index < -0.39 is 5.69 Å². The SMILES string of the molecule is Cn1c(=O)cc(N2CCN(c3nccc(N4CCOCC4)n3)CC2)[nH]c1=O. The van der Waals surface area contributed by atoms with Crippen LogP contribution < -0.4 is 25.9 Å². The zero-order chi connectivity index (χ0) is 18.8. The van der Waals surface area contributed by atoms with Gasteiger partial charge in [0.25, 0.3) is 5.56 Å². The number of hydrogen-bond donors (Lipinski definition) is 1. The summed E-state index contributed by atoms with van der Waals surface area (Å²) in [5.74, 6) is 2.18. The number of rotatable bonds is 3. The highest BCUT2D eigenvalue weighted by Gasteiger charge is 2.21. The predicted molar refractivity (Wildman–Crippen MR) is 102 cm³/mol. The Morgan fingerprint density at radius 1 is 1.00 bits per heavy atom. The average Bonchev–Trinajstić information content (AvgIpc) is 2.72. The second kappa shape index (κ2) is 7.39. The number of morpholine rings is 1. The molecule has 0 aliphatic carbocycles.